The molecule has 0 spiro atoms. The van der Waals surface area contributed by atoms with Crippen LogP contribution < -0.4 is 5.32 Å². The lowest BCUT2D eigenvalue weighted by molar-refractivity contribution is -0.149. The summed E-state index contributed by atoms with van der Waals surface area (Å²) in [5.41, 5.74) is 2.64. The van der Waals surface area contributed by atoms with E-state index < -0.39 is 6.10 Å². The molecule has 1 amide bonds. The fourth-order valence-corrected chi connectivity index (χ4v) is 3.45. The van der Waals surface area contributed by atoms with Gasteiger partial charge in [0.25, 0.3) is 5.91 Å². The van der Waals surface area contributed by atoms with Crippen LogP contribution in [0.15, 0.2) is 36.5 Å². The third-order valence-electron chi connectivity index (χ3n) is 4.88. The molecule has 10 nitrogen and oxygen atoms in total. The summed E-state index contributed by atoms with van der Waals surface area (Å²) < 4.78 is 7.05. The molecule has 0 saturated heterocycles. The fourth-order valence-electron chi connectivity index (χ4n) is 3.23. The van der Waals surface area contributed by atoms with Crippen LogP contribution >= 0.6 is 11.6 Å². The Morgan fingerprint density at radius 1 is 1.29 bits per heavy atom. The molecule has 0 aliphatic carbocycles. The zero-order valence-electron chi connectivity index (χ0n) is 19.4. The number of H-pyrrole nitrogens is 1. The molecular formula is C23H26ClN7O3. The molecule has 34 heavy (non-hydrogen) atoms. The first-order valence-electron chi connectivity index (χ1n) is 10.6. The Labute approximate surface area is 202 Å². The van der Waals surface area contributed by atoms with Crippen molar-refractivity contribution in [1.29, 1.82) is 5.26 Å². The summed E-state index contributed by atoms with van der Waals surface area (Å²) >= 11 is 6.11. The lowest BCUT2D eigenvalue weighted by Crippen LogP contribution is -2.36. The normalized spacial score (nSPS) is 12.7. The van der Waals surface area contributed by atoms with Crippen LogP contribution in [0.4, 0.5) is 0 Å². The van der Waals surface area contributed by atoms with Crippen molar-refractivity contribution in [1.82, 2.24) is 30.2 Å². The van der Waals surface area contributed by atoms with Gasteiger partial charge in [-0.1, -0.05) is 17.7 Å². The first kappa shape index (κ1) is 25.0. The highest BCUT2D eigenvalue weighted by Crippen LogP contribution is 2.24. The number of ether oxygens (including phenoxy) is 1. The van der Waals surface area contributed by atoms with Crippen LogP contribution in [0.2, 0.25) is 5.02 Å². The van der Waals surface area contributed by atoms with E-state index in [9.17, 15) is 9.59 Å². The van der Waals surface area contributed by atoms with Gasteiger partial charge >= 0.3 is 5.97 Å². The molecule has 0 aliphatic rings. The number of nitriles is 1. The van der Waals surface area contributed by atoms with Crippen LogP contribution in [-0.2, 0) is 16.1 Å². The van der Waals surface area contributed by atoms with Gasteiger partial charge in [-0.15, -0.1) is 0 Å². The van der Waals surface area contributed by atoms with Crippen LogP contribution in [0.5, 0.6) is 0 Å². The number of nitrogens with zero attached hydrogens (tertiary/aromatic N) is 5. The van der Waals surface area contributed by atoms with E-state index in [-0.39, 0.29) is 30.2 Å². The van der Waals surface area contributed by atoms with Crippen LogP contribution in [0.25, 0.3) is 11.3 Å². The van der Waals surface area contributed by atoms with Gasteiger partial charge in [-0.3, -0.25) is 24.3 Å². The maximum atomic E-state index is 12.6. The summed E-state index contributed by atoms with van der Waals surface area (Å²) in [4.78, 5) is 26.1. The minimum Gasteiger partial charge on any atom is -0.455 e. The third-order valence-corrected chi connectivity index (χ3v) is 5.19. The second-order valence-corrected chi connectivity index (χ2v) is 8.59. The number of esters is 1. The van der Waals surface area contributed by atoms with E-state index in [1.807, 2.05) is 25.3 Å². The SMILES string of the molecule is CC(Cn1ccc(-c2ccc(C#N)c(Cl)c2)n1)NC(=O)c1cc(C(C)OC(=O)CN(C)C)n[nH]1. The number of halogens is 1. The lowest BCUT2D eigenvalue weighted by atomic mass is 10.1. The van der Waals surface area contributed by atoms with Gasteiger partial charge in [0.2, 0.25) is 0 Å². The number of hydrogen-bond donors (Lipinski definition) is 2. The topological polar surface area (TPSA) is 129 Å². The molecule has 2 N–H and O–H groups in total. The largest absolute Gasteiger partial charge is 0.455 e. The van der Waals surface area contributed by atoms with Crippen molar-refractivity contribution >= 4 is 23.5 Å². The minimum absolute atomic E-state index is 0.160. The van der Waals surface area contributed by atoms with E-state index in [4.69, 9.17) is 21.6 Å². The second kappa shape index (κ2) is 11.0. The van der Waals surface area contributed by atoms with Crippen molar-refractivity contribution in [3.05, 3.63) is 58.5 Å². The second-order valence-electron chi connectivity index (χ2n) is 8.18. The summed E-state index contributed by atoms with van der Waals surface area (Å²) in [6.45, 7) is 4.16. The molecular weight excluding hydrogens is 458 g/mol. The highest BCUT2D eigenvalue weighted by atomic mass is 35.5. The molecule has 0 radical (unpaired) electrons. The van der Waals surface area contributed by atoms with Crippen molar-refractivity contribution in [2.45, 2.75) is 32.5 Å². The van der Waals surface area contributed by atoms with Gasteiger partial charge in [0.1, 0.15) is 23.6 Å². The monoisotopic (exact) mass is 483 g/mol. The smallest absolute Gasteiger partial charge is 0.320 e. The van der Waals surface area contributed by atoms with E-state index in [1.165, 1.54) is 0 Å². The predicted molar refractivity (Wildman–Crippen MR) is 126 cm³/mol. The summed E-state index contributed by atoms with van der Waals surface area (Å²) in [6, 6.07) is 10.4. The number of benzene rings is 1. The molecule has 2 heterocycles. The number of rotatable bonds is 9. The van der Waals surface area contributed by atoms with Crippen LogP contribution in [-0.4, -0.2) is 63.4 Å². The summed E-state index contributed by atoms with van der Waals surface area (Å²) in [6.07, 6.45) is 1.23. The highest BCUT2D eigenvalue weighted by molar-refractivity contribution is 6.32. The Balaban J connectivity index is 1.56. The summed E-state index contributed by atoms with van der Waals surface area (Å²) in [5.74, 6) is -0.702. The molecule has 3 rings (SSSR count). The Kier molecular flexibility index (Phi) is 8.04. The Morgan fingerprint density at radius 3 is 2.74 bits per heavy atom. The van der Waals surface area contributed by atoms with Crippen molar-refractivity contribution in [3.8, 4) is 17.3 Å². The van der Waals surface area contributed by atoms with Crippen LogP contribution in [0, 0.1) is 11.3 Å². The summed E-state index contributed by atoms with van der Waals surface area (Å²) in [7, 11) is 3.55. The van der Waals surface area contributed by atoms with Crippen LogP contribution in [0.1, 0.15) is 41.7 Å². The van der Waals surface area contributed by atoms with E-state index in [2.05, 4.69) is 20.6 Å². The zero-order chi connectivity index (χ0) is 24.8. The fraction of sp³-hybridized carbons (Fsp3) is 0.348. The molecule has 0 aliphatic heterocycles. The van der Waals surface area contributed by atoms with Gasteiger partial charge in [-0.05, 0) is 52.2 Å². The number of nitrogens with one attached hydrogen (secondary N) is 2. The maximum absolute atomic E-state index is 12.6. The molecule has 1 aromatic carbocycles. The number of hydrogen-bond acceptors (Lipinski definition) is 7. The minimum atomic E-state index is -0.583. The molecule has 2 atom stereocenters. The van der Waals surface area contributed by atoms with Crippen molar-refractivity contribution in [2.24, 2.45) is 0 Å². The number of aromatic amines is 1. The van der Waals surface area contributed by atoms with E-state index in [1.54, 1.807) is 54.9 Å². The Bertz CT molecular complexity index is 1210. The predicted octanol–water partition coefficient (Wildman–Crippen LogP) is 2.78. The number of amides is 1. The van der Waals surface area contributed by atoms with Crippen molar-refractivity contribution in [2.75, 3.05) is 20.6 Å². The van der Waals surface area contributed by atoms with E-state index in [0.29, 0.717) is 28.5 Å². The molecule has 0 saturated carbocycles. The van der Waals surface area contributed by atoms with Crippen molar-refractivity contribution in [3.63, 3.8) is 0 Å². The Morgan fingerprint density at radius 2 is 2.06 bits per heavy atom. The van der Waals surface area contributed by atoms with Gasteiger partial charge < -0.3 is 10.1 Å². The summed E-state index contributed by atoms with van der Waals surface area (Å²) in [5, 5.41) is 23.6. The average Bonchev–Trinajstić information content (AvgIpc) is 3.43. The molecule has 0 fully saturated rings. The first-order chi connectivity index (χ1) is 16.2. The van der Waals surface area contributed by atoms with Gasteiger partial charge in [0.15, 0.2) is 0 Å². The van der Waals surface area contributed by atoms with Crippen molar-refractivity contribution < 1.29 is 14.3 Å². The molecule has 0 bridgehead atoms. The maximum Gasteiger partial charge on any atom is 0.320 e. The molecule has 3 aromatic rings. The third kappa shape index (κ3) is 6.43. The van der Waals surface area contributed by atoms with E-state index in [0.717, 1.165) is 5.56 Å². The number of aromatic nitrogens is 4. The average molecular weight is 484 g/mol. The van der Waals surface area contributed by atoms with Gasteiger partial charge in [-0.25, -0.2) is 0 Å². The number of carbonyl (C=O) groups is 2. The zero-order valence-corrected chi connectivity index (χ0v) is 20.1. The van der Waals surface area contributed by atoms with E-state index >= 15 is 0 Å². The quantitative estimate of drug-likeness (QED) is 0.447. The number of carbonyl (C=O) groups excluding carboxylic acids is 2. The van der Waals surface area contributed by atoms with Crippen LogP contribution in [0.3, 0.4) is 0 Å². The lowest BCUT2D eigenvalue weighted by Gasteiger charge is -2.14. The standard InChI is InChI=1S/C23H26ClN7O3/c1-14(12-31-8-7-19(29-31)16-5-6-17(11-25)18(24)9-16)26-23(33)21-10-20(27-28-21)15(2)34-22(32)13-30(3)4/h5-10,14-15H,12-13H2,1-4H3,(H,26,33)(H,27,28). The molecule has 178 valence electrons. The highest BCUT2D eigenvalue weighted by Gasteiger charge is 2.19. The Hall–Kier alpha value is -3.68. The molecule has 2 aromatic heterocycles. The van der Waals surface area contributed by atoms with Gasteiger partial charge in [0, 0.05) is 17.8 Å². The molecule has 2 unspecified atom stereocenters. The number of likely N-dealkylation sites (N-methyl/N-ethyl adjacent to an activating group) is 1. The van der Waals surface area contributed by atoms with Gasteiger partial charge in [0.05, 0.1) is 29.4 Å². The molecule has 11 heteroatoms. The first-order valence-corrected chi connectivity index (χ1v) is 11.0. The van der Waals surface area contributed by atoms with Gasteiger partial charge in [-0.2, -0.15) is 15.5 Å².